The Bertz CT molecular complexity index is 488. The molecule has 2 rings (SSSR count). The van der Waals surface area contributed by atoms with Crippen molar-refractivity contribution in [2.24, 2.45) is 0 Å². The fourth-order valence-electron chi connectivity index (χ4n) is 1.90. The highest BCUT2D eigenvalue weighted by Crippen LogP contribution is 2.33. The van der Waals surface area contributed by atoms with Crippen LogP contribution < -0.4 is 4.74 Å². The van der Waals surface area contributed by atoms with Crippen molar-refractivity contribution in [1.82, 2.24) is 0 Å². The maximum absolute atomic E-state index is 11.9. The van der Waals surface area contributed by atoms with E-state index in [1.54, 1.807) is 12.1 Å². The summed E-state index contributed by atoms with van der Waals surface area (Å²) < 4.78 is 10.3. The average molecular weight is 234 g/mol. The minimum absolute atomic E-state index is 0.0120. The Hall–Kier alpha value is -1.84. The lowest BCUT2D eigenvalue weighted by Gasteiger charge is -2.31. The minimum Gasteiger partial charge on any atom is -0.487 e. The van der Waals surface area contributed by atoms with Crippen LogP contribution in [0.3, 0.4) is 0 Å². The molecule has 0 fully saturated rings. The van der Waals surface area contributed by atoms with E-state index in [2.05, 4.69) is 4.74 Å². The molecule has 1 heterocycles. The van der Waals surface area contributed by atoms with Crippen LogP contribution in [0.1, 0.15) is 41.0 Å². The fourth-order valence-corrected chi connectivity index (χ4v) is 1.90. The van der Waals surface area contributed by atoms with Gasteiger partial charge in [-0.25, -0.2) is 4.79 Å². The molecule has 0 aromatic heterocycles. The molecule has 1 aromatic carbocycles. The van der Waals surface area contributed by atoms with Gasteiger partial charge in [-0.05, 0) is 32.0 Å². The molecule has 0 N–H and O–H groups in total. The number of methoxy groups -OCH3 is 1. The molecule has 1 aliphatic rings. The van der Waals surface area contributed by atoms with Gasteiger partial charge in [-0.1, -0.05) is 0 Å². The molecule has 0 unspecified atom stereocenters. The summed E-state index contributed by atoms with van der Waals surface area (Å²) in [6, 6.07) is 4.76. The zero-order valence-corrected chi connectivity index (χ0v) is 10.1. The zero-order chi connectivity index (χ0) is 12.6. The molecular weight excluding hydrogens is 220 g/mol. The lowest BCUT2D eigenvalue weighted by molar-refractivity contribution is 0.0598. The Morgan fingerprint density at radius 2 is 2.12 bits per heavy atom. The topological polar surface area (TPSA) is 52.6 Å². The Labute approximate surface area is 99.5 Å². The first kappa shape index (κ1) is 11.6. The first-order valence-electron chi connectivity index (χ1n) is 5.37. The van der Waals surface area contributed by atoms with Crippen molar-refractivity contribution in [3.8, 4) is 5.75 Å². The SMILES string of the molecule is COC(=O)c1ccc2c(c1)C(=O)CC(C)(C)O2. The van der Waals surface area contributed by atoms with E-state index >= 15 is 0 Å². The highest BCUT2D eigenvalue weighted by atomic mass is 16.5. The van der Waals surface area contributed by atoms with E-state index in [1.807, 2.05) is 13.8 Å². The quantitative estimate of drug-likeness (QED) is 0.699. The number of ketones is 1. The molecular formula is C13H14O4. The largest absolute Gasteiger partial charge is 0.487 e. The van der Waals surface area contributed by atoms with E-state index in [0.717, 1.165) is 0 Å². The van der Waals surface area contributed by atoms with Crippen molar-refractivity contribution in [1.29, 1.82) is 0 Å². The van der Waals surface area contributed by atoms with Crippen LogP contribution in [-0.4, -0.2) is 24.5 Å². The number of benzene rings is 1. The van der Waals surface area contributed by atoms with Gasteiger partial charge in [0, 0.05) is 0 Å². The summed E-state index contributed by atoms with van der Waals surface area (Å²) in [5.41, 5.74) is 0.326. The summed E-state index contributed by atoms with van der Waals surface area (Å²) in [5, 5.41) is 0. The van der Waals surface area contributed by atoms with Crippen LogP contribution >= 0.6 is 0 Å². The van der Waals surface area contributed by atoms with Crippen LogP contribution in [0, 0.1) is 0 Å². The van der Waals surface area contributed by atoms with Gasteiger partial charge in [-0.15, -0.1) is 0 Å². The number of carbonyl (C=O) groups is 2. The lowest BCUT2D eigenvalue weighted by Crippen LogP contribution is -2.36. The van der Waals surface area contributed by atoms with Crippen molar-refractivity contribution < 1.29 is 19.1 Å². The van der Waals surface area contributed by atoms with Crippen LogP contribution in [0.4, 0.5) is 0 Å². The van der Waals surface area contributed by atoms with Gasteiger partial charge in [0.15, 0.2) is 5.78 Å². The average Bonchev–Trinajstić information content (AvgIpc) is 2.26. The first-order chi connectivity index (χ1) is 7.93. The third-order valence-electron chi connectivity index (χ3n) is 2.67. The number of esters is 1. The zero-order valence-electron chi connectivity index (χ0n) is 10.1. The molecule has 17 heavy (non-hydrogen) atoms. The molecule has 1 aliphatic heterocycles. The van der Waals surface area contributed by atoms with Gasteiger partial charge in [0.2, 0.25) is 0 Å². The molecule has 1 aromatic rings. The number of carbonyl (C=O) groups excluding carboxylic acids is 2. The Morgan fingerprint density at radius 3 is 2.76 bits per heavy atom. The predicted molar refractivity (Wildman–Crippen MR) is 61.4 cm³/mol. The summed E-state index contributed by atoms with van der Waals surface area (Å²) in [5.74, 6) is 0.0614. The van der Waals surface area contributed by atoms with Gasteiger partial charge in [0.05, 0.1) is 24.7 Å². The molecule has 0 amide bonds. The maximum atomic E-state index is 11.9. The van der Waals surface area contributed by atoms with Gasteiger partial charge >= 0.3 is 5.97 Å². The molecule has 0 saturated carbocycles. The van der Waals surface area contributed by atoms with Crippen molar-refractivity contribution in [3.63, 3.8) is 0 Å². The third-order valence-corrected chi connectivity index (χ3v) is 2.67. The maximum Gasteiger partial charge on any atom is 0.337 e. The van der Waals surface area contributed by atoms with Crippen LogP contribution in [0.15, 0.2) is 18.2 Å². The molecule has 0 saturated heterocycles. The van der Waals surface area contributed by atoms with Crippen molar-refractivity contribution in [2.75, 3.05) is 7.11 Å². The second-order valence-electron chi connectivity index (χ2n) is 4.66. The van der Waals surface area contributed by atoms with Crippen molar-refractivity contribution in [3.05, 3.63) is 29.3 Å². The number of rotatable bonds is 1. The standard InChI is InChI=1S/C13H14O4/c1-13(2)7-10(14)9-6-8(12(15)16-3)4-5-11(9)17-13/h4-6H,7H2,1-3H3. The lowest BCUT2D eigenvalue weighted by atomic mass is 9.92. The summed E-state index contributed by atoms with van der Waals surface area (Å²) in [7, 11) is 1.31. The molecule has 0 radical (unpaired) electrons. The number of Topliss-reactive ketones (excluding diaryl/α,β-unsaturated/α-hetero) is 1. The van der Waals surface area contributed by atoms with Crippen LogP contribution in [0.25, 0.3) is 0 Å². The van der Waals surface area contributed by atoms with Gasteiger partial charge in [-0.2, -0.15) is 0 Å². The van der Waals surface area contributed by atoms with E-state index < -0.39 is 11.6 Å². The molecule has 0 atom stereocenters. The summed E-state index contributed by atoms with van der Waals surface area (Å²) in [6.07, 6.45) is 0.310. The Kier molecular flexibility index (Phi) is 2.65. The molecule has 4 heteroatoms. The van der Waals surface area contributed by atoms with Crippen molar-refractivity contribution in [2.45, 2.75) is 25.9 Å². The van der Waals surface area contributed by atoms with E-state index in [-0.39, 0.29) is 5.78 Å². The van der Waals surface area contributed by atoms with E-state index in [1.165, 1.54) is 13.2 Å². The highest BCUT2D eigenvalue weighted by Gasteiger charge is 2.32. The minimum atomic E-state index is -0.489. The van der Waals surface area contributed by atoms with E-state index in [9.17, 15) is 9.59 Å². The third kappa shape index (κ3) is 2.16. The molecule has 90 valence electrons. The molecule has 4 nitrogen and oxygen atoms in total. The summed E-state index contributed by atoms with van der Waals surface area (Å²) in [6.45, 7) is 3.73. The second-order valence-corrected chi connectivity index (χ2v) is 4.66. The van der Waals surface area contributed by atoms with Gasteiger partial charge in [-0.3, -0.25) is 4.79 Å². The predicted octanol–water partition coefficient (Wildman–Crippen LogP) is 2.22. The molecule has 0 bridgehead atoms. The van der Waals surface area contributed by atoms with Crippen LogP contribution in [0.5, 0.6) is 5.75 Å². The number of ether oxygens (including phenoxy) is 2. The Balaban J connectivity index is 2.44. The number of hydrogen-bond acceptors (Lipinski definition) is 4. The number of hydrogen-bond donors (Lipinski definition) is 0. The second kappa shape index (κ2) is 3.87. The highest BCUT2D eigenvalue weighted by molar-refractivity contribution is 6.02. The summed E-state index contributed by atoms with van der Waals surface area (Å²) in [4.78, 5) is 23.3. The van der Waals surface area contributed by atoms with E-state index in [4.69, 9.17) is 4.74 Å². The Morgan fingerprint density at radius 1 is 1.41 bits per heavy atom. The van der Waals surface area contributed by atoms with E-state index in [0.29, 0.717) is 23.3 Å². The summed E-state index contributed by atoms with van der Waals surface area (Å²) >= 11 is 0. The first-order valence-corrected chi connectivity index (χ1v) is 5.37. The molecule has 0 spiro atoms. The van der Waals surface area contributed by atoms with Crippen molar-refractivity contribution >= 4 is 11.8 Å². The monoisotopic (exact) mass is 234 g/mol. The van der Waals surface area contributed by atoms with Gasteiger partial charge < -0.3 is 9.47 Å². The smallest absolute Gasteiger partial charge is 0.337 e. The van der Waals surface area contributed by atoms with Gasteiger partial charge in [0.25, 0.3) is 0 Å². The van der Waals surface area contributed by atoms with Gasteiger partial charge in [0.1, 0.15) is 11.4 Å². The fraction of sp³-hybridized carbons (Fsp3) is 0.385. The van der Waals surface area contributed by atoms with Crippen LogP contribution in [-0.2, 0) is 4.74 Å². The normalized spacial score (nSPS) is 17.0. The molecule has 0 aliphatic carbocycles. The van der Waals surface area contributed by atoms with Crippen LogP contribution in [0.2, 0.25) is 0 Å². The number of fused-ring (bicyclic) bond motifs is 1.